The van der Waals surface area contributed by atoms with Gasteiger partial charge in [0.1, 0.15) is 5.52 Å². The van der Waals surface area contributed by atoms with Gasteiger partial charge in [-0.3, -0.25) is 4.79 Å². The second kappa shape index (κ2) is 8.78. The summed E-state index contributed by atoms with van der Waals surface area (Å²) in [5, 5.41) is 2.89. The van der Waals surface area contributed by atoms with Crippen molar-refractivity contribution in [1.82, 2.24) is 4.98 Å². The molecule has 4 nitrogen and oxygen atoms in total. The van der Waals surface area contributed by atoms with Gasteiger partial charge < -0.3 is 9.73 Å². The molecule has 1 aromatic heterocycles. The number of hydrogen-bond donors (Lipinski definition) is 1. The normalized spacial score (nSPS) is 11.4. The van der Waals surface area contributed by atoms with Crippen LogP contribution in [-0.4, -0.2) is 10.9 Å². The standard InChI is InChI=1S/C26H24N2O2/c1-18(2)21-11-8-19(9-12-21)10-15-25(29)27-22-13-14-24-23(17-22)28-26(30-24)16-20-6-4-3-5-7-20/h3-15,17-18H,16H2,1-2H3,(H,27,29)/b15-10+. The van der Waals surface area contributed by atoms with Crippen molar-refractivity contribution in [1.29, 1.82) is 0 Å². The molecule has 3 aromatic carbocycles. The molecule has 0 atom stereocenters. The minimum Gasteiger partial charge on any atom is -0.440 e. The summed E-state index contributed by atoms with van der Waals surface area (Å²) in [6.45, 7) is 4.32. The molecule has 4 aromatic rings. The van der Waals surface area contributed by atoms with E-state index in [0.717, 1.165) is 16.6 Å². The molecule has 4 rings (SSSR count). The lowest BCUT2D eigenvalue weighted by Crippen LogP contribution is -2.07. The predicted molar refractivity (Wildman–Crippen MR) is 121 cm³/mol. The van der Waals surface area contributed by atoms with Crippen LogP contribution in [0.25, 0.3) is 17.2 Å². The number of hydrogen-bond acceptors (Lipinski definition) is 3. The largest absolute Gasteiger partial charge is 0.440 e. The minimum atomic E-state index is -0.185. The molecule has 0 saturated heterocycles. The molecule has 0 aliphatic heterocycles. The lowest BCUT2D eigenvalue weighted by Gasteiger charge is -2.04. The van der Waals surface area contributed by atoms with Crippen LogP contribution in [0.5, 0.6) is 0 Å². The first kappa shape index (κ1) is 19.6. The molecule has 0 unspecified atom stereocenters. The molecule has 4 heteroatoms. The van der Waals surface area contributed by atoms with E-state index >= 15 is 0 Å². The van der Waals surface area contributed by atoms with Crippen molar-refractivity contribution in [2.75, 3.05) is 5.32 Å². The van der Waals surface area contributed by atoms with Gasteiger partial charge in [-0.2, -0.15) is 0 Å². The maximum Gasteiger partial charge on any atom is 0.248 e. The van der Waals surface area contributed by atoms with Gasteiger partial charge in [0.05, 0.1) is 0 Å². The highest BCUT2D eigenvalue weighted by Crippen LogP contribution is 2.22. The van der Waals surface area contributed by atoms with Gasteiger partial charge in [0.2, 0.25) is 5.91 Å². The van der Waals surface area contributed by atoms with Crippen LogP contribution in [0.2, 0.25) is 0 Å². The summed E-state index contributed by atoms with van der Waals surface area (Å²) >= 11 is 0. The Morgan fingerprint density at radius 1 is 1.03 bits per heavy atom. The summed E-state index contributed by atoms with van der Waals surface area (Å²) in [5.74, 6) is 0.964. The Labute approximate surface area is 176 Å². The van der Waals surface area contributed by atoms with E-state index in [9.17, 15) is 4.79 Å². The van der Waals surface area contributed by atoms with Gasteiger partial charge in [0, 0.05) is 18.2 Å². The number of benzene rings is 3. The van der Waals surface area contributed by atoms with Gasteiger partial charge >= 0.3 is 0 Å². The molecule has 0 bridgehead atoms. The smallest absolute Gasteiger partial charge is 0.248 e. The van der Waals surface area contributed by atoms with Gasteiger partial charge in [0.15, 0.2) is 11.5 Å². The molecular weight excluding hydrogens is 372 g/mol. The SMILES string of the molecule is CC(C)c1ccc(/C=C/C(=O)Nc2ccc3oc(Cc4ccccc4)nc3c2)cc1. The zero-order valence-electron chi connectivity index (χ0n) is 17.1. The van der Waals surface area contributed by atoms with E-state index in [2.05, 4.69) is 36.3 Å². The number of nitrogens with one attached hydrogen (secondary N) is 1. The zero-order valence-corrected chi connectivity index (χ0v) is 17.1. The number of nitrogens with zero attached hydrogens (tertiary/aromatic N) is 1. The molecule has 0 fully saturated rings. The number of rotatable bonds is 6. The Morgan fingerprint density at radius 2 is 1.80 bits per heavy atom. The van der Waals surface area contributed by atoms with Crippen LogP contribution in [0.4, 0.5) is 5.69 Å². The topological polar surface area (TPSA) is 55.1 Å². The highest BCUT2D eigenvalue weighted by Gasteiger charge is 2.08. The first-order chi connectivity index (χ1) is 14.6. The number of carbonyl (C=O) groups excluding carboxylic acids is 1. The summed E-state index contributed by atoms with van der Waals surface area (Å²) < 4.78 is 5.83. The lowest BCUT2D eigenvalue weighted by atomic mass is 10.0. The van der Waals surface area contributed by atoms with Crippen molar-refractivity contribution >= 4 is 28.8 Å². The molecule has 0 saturated carbocycles. The maximum atomic E-state index is 12.3. The molecule has 1 heterocycles. The summed E-state index contributed by atoms with van der Waals surface area (Å²) in [4.78, 5) is 16.9. The molecule has 1 N–H and O–H groups in total. The van der Waals surface area contributed by atoms with Crippen molar-refractivity contribution < 1.29 is 9.21 Å². The molecule has 1 amide bonds. The van der Waals surface area contributed by atoms with Crippen molar-refractivity contribution in [3.63, 3.8) is 0 Å². The van der Waals surface area contributed by atoms with Crippen LogP contribution in [0, 0.1) is 0 Å². The van der Waals surface area contributed by atoms with E-state index in [1.165, 1.54) is 11.6 Å². The number of carbonyl (C=O) groups is 1. The average molecular weight is 396 g/mol. The Balaban J connectivity index is 1.42. The van der Waals surface area contributed by atoms with Gasteiger partial charge in [0.25, 0.3) is 0 Å². The second-order valence-corrected chi connectivity index (χ2v) is 7.60. The van der Waals surface area contributed by atoms with Crippen molar-refractivity contribution in [2.45, 2.75) is 26.2 Å². The molecular formula is C26H24N2O2. The fourth-order valence-corrected chi connectivity index (χ4v) is 3.25. The monoisotopic (exact) mass is 396 g/mol. The highest BCUT2D eigenvalue weighted by molar-refractivity contribution is 6.02. The van der Waals surface area contributed by atoms with Crippen LogP contribution in [-0.2, 0) is 11.2 Å². The van der Waals surface area contributed by atoms with E-state index in [1.54, 1.807) is 0 Å². The van der Waals surface area contributed by atoms with Crippen LogP contribution < -0.4 is 5.32 Å². The molecule has 0 radical (unpaired) electrons. The second-order valence-electron chi connectivity index (χ2n) is 7.60. The van der Waals surface area contributed by atoms with Crippen LogP contribution in [0.15, 0.2) is 83.3 Å². The lowest BCUT2D eigenvalue weighted by molar-refractivity contribution is -0.111. The third kappa shape index (κ3) is 4.84. The molecule has 30 heavy (non-hydrogen) atoms. The number of aromatic nitrogens is 1. The van der Waals surface area contributed by atoms with Crippen LogP contribution in [0.1, 0.15) is 42.3 Å². The summed E-state index contributed by atoms with van der Waals surface area (Å²) in [6.07, 6.45) is 3.99. The minimum absolute atomic E-state index is 0.185. The first-order valence-electron chi connectivity index (χ1n) is 10.1. The number of fused-ring (bicyclic) bond motifs is 1. The summed E-state index contributed by atoms with van der Waals surface area (Å²) in [6, 6.07) is 23.8. The van der Waals surface area contributed by atoms with Gasteiger partial charge in [-0.1, -0.05) is 68.4 Å². The Kier molecular flexibility index (Phi) is 5.75. The fraction of sp³-hybridized carbons (Fsp3) is 0.154. The quantitative estimate of drug-likeness (QED) is 0.395. The molecule has 0 spiro atoms. The van der Waals surface area contributed by atoms with E-state index in [-0.39, 0.29) is 5.91 Å². The summed E-state index contributed by atoms with van der Waals surface area (Å²) in [7, 11) is 0. The molecule has 0 aliphatic carbocycles. The molecule has 150 valence electrons. The van der Waals surface area contributed by atoms with E-state index in [4.69, 9.17) is 4.42 Å². The van der Waals surface area contributed by atoms with Gasteiger partial charge in [-0.25, -0.2) is 4.98 Å². The Bertz CT molecular complexity index is 1170. The Morgan fingerprint density at radius 3 is 2.53 bits per heavy atom. The van der Waals surface area contributed by atoms with E-state index in [0.29, 0.717) is 29.5 Å². The third-order valence-electron chi connectivity index (χ3n) is 4.93. The number of oxazole rings is 1. The van der Waals surface area contributed by atoms with E-state index in [1.807, 2.05) is 66.7 Å². The van der Waals surface area contributed by atoms with Gasteiger partial charge in [-0.15, -0.1) is 0 Å². The number of amides is 1. The van der Waals surface area contributed by atoms with Crippen molar-refractivity contribution in [2.24, 2.45) is 0 Å². The molecule has 0 aliphatic rings. The van der Waals surface area contributed by atoms with Crippen molar-refractivity contribution in [3.05, 3.63) is 101 Å². The van der Waals surface area contributed by atoms with Crippen LogP contribution in [0.3, 0.4) is 0 Å². The van der Waals surface area contributed by atoms with Crippen LogP contribution >= 0.6 is 0 Å². The maximum absolute atomic E-state index is 12.3. The summed E-state index contributed by atoms with van der Waals surface area (Å²) in [5.41, 5.74) is 5.54. The zero-order chi connectivity index (χ0) is 20.9. The number of anilines is 1. The van der Waals surface area contributed by atoms with Gasteiger partial charge in [-0.05, 0) is 46.9 Å². The predicted octanol–water partition coefficient (Wildman–Crippen LogP) is 6.19. The Hall–Kier alpha value is -3.66. The third-order valence-corrected chi connectivity index (χ3v) is 4.93. The highest BCUT2D eigenvalue weighted by atomic mass is 16.3. The van der Waals surface area contributed by atoms with E-state index < -0.39 is 0 Å². The first-order valence-corrected chi connectivity index (χ1v) is 10.1. The average Bonchev–Trinajstić information content (AvgIpc) is 3.14. The van der Waals surface area contributed by atoms with Crippen molar-refractivity contribution in [3.8, 4) is 0 Å². The fourth-order valence-electron chi connectivity index (χ4n) is 3.25.